The number of anilines is 1. The molecule has 1 fully saturated rings. The lowest BCUT2D eigenvalue weighted by Gasteiger charge is -2.39. The highest BCUT2D eigenvalue weighted by Crippen LogP contribution is 2.30. The molecule has 2 heterocycles. The Hall–Kier alpha value is -2.08. The second-order valence-corrected chi connectivity index (χ2v) is 9.00. The van der Waals surface area contributed by atoms with Crippen molar-refractivity contribution in [2.24, 2.45) is 0 Å². The molecule has 5 nitrogen and oxygen atoms in total. The molecule has 4 rings (SSSR count). The number of aryl methyl sites for hydroxylation is 2. The minimum absolute atomic E-state index is 0.0917. The quantitative estimate of drug-likeness (QED) is 0.788. The summed E-state index contributed by atoms with van der Waals surface area (Å²) < 4.78 is 5.93. The molecule has 6 heteroatoms. The first kappa shape index (κ1) is 21.2. The van der Waals surface area contributed by atoms with E-state index >= 15 is 0 Å². The van der Waals surface area contributed by atoms with Gasteiger partial charge in [0.2, 0.25) is 5.91 Å². The van der Waals surface area contributed by atoms with Crippen molar-refractivity contribution < 1.29 is 14.6 Å². The fraction of sp³-hybridized carbons (Fsp3) is 0.458. The number of halogens is 1. The summed E-state index contributed by atoms with van der Waals surface area (Å²) in [5.41, 5.74) is 3.19. The predicted octanol–water partition coefficient (Wildman–Crippen LogP) is 3.75. The van der Waals surface area contributed by atoms with Crippen LogP contribution in [0.4, 0.5) is 5.69 Å². The molecule has 1 unspecified atom stereocenters. The molecule has 2 aliphatic rings. The number of rotatable bonds is 5. The molecule has 1 N–H and O–H groups in total. The topological polar surface area (TPSA) is 53.0 Å². The Labute approximate surface area is 183 Å². The molecule has 0 aromatic heterocycles. The van der Waals surface area contributed by atoms with Crippen LogP contribution in [0, 0.1) is 13.8 Å². The predicted molar refractivity (Wildman–Crippen MR) is 120 cm³/mol. The Morgan fingerprint density at radius 1 is 1.20 bits per heavy atom. The van der Waals surface area contributed by atoms with Crippen molar-refractivity contribution in [1.29, 1.82) is 0 Å². The summed E-state index contributed by atoms with van der Waals surface area (Å²) in [6.07, 6.45) is 2.40. The molecule has 2 aromatic carbocycles. The highest BCUT2D eigenvalue weighted by Gasteiger charge is 2.36. The van der Waals surface area contributed by atoms with Gasteiger partial charge in [-0.15, -0.1) is 0 Å². The van der Waals surface area contributed by atoms with E-state index in [0.29, 0.717) is 25.3 Å². The Morgan fingerprint density at radius 2 is 1.93 bits per heavy atom. The van der Waals surface area contributed by atoms with Gasteiger partial charge in [-0.2, -0.15) is 0 Å². The van der Waals surface area contributed by atoms with Crippen molar-refractivity contribution in [2.45, 2.75) is 38.7 Å². The van der Waals surface area contributed by atoms with E-state index in [-0.39, 0.29) is 12.5 Å². The van der Waals surface area contributed by atoms with Gasteiger partial charge in [0.15, 0.2) is 0 Å². The van der Waals surface area contributed by atoms with E-state index < -0.39 is 5.60 Å². The van der Waals surface area contributed by atoms with Gasteiger partial charge < -0.3 is 14.7 Å². The number of likely N-dealkylation sites (tertiary alicyclic amines) is 1. The largest absolute Gasteiger partial charge is 0.491 e. The number of β-amino-alcohol motifs (C(OH)–C–C–N with tert-alkyl or cyclic N) is 1. The van der Waals surface area contributed by atoms with E-state index in [1.165, 1.54) is 5.56 Å². The number of para-hydroxylation sites is 1. The number of hydrogen-bond acceptors (Lipinski definition) is 4. The van der Waals surface area contributed by atoms with Crippen molar-refractivity contribution in [3.63, 3.8) is 0 Å². The minimum atomic E-state index is -0.969. The van der Waals surface area contributed by atoms with Crippen LogP contribution in [0.5, 0.6) is 5.75 Å². The summed E-state index contributed by atoms with van der Waals surface area (Å²) in [7, 11) is 0. The molecule has 2 aliphatic heterocycles. The molecule has 2 aromatic rings. The summed E-state index contributed by atoms with van der Waals surface area (Å²) in [6, 6.07) is 11.9. The van der Waals surface area contributed by atoms with Crippen LogP contribution in [-0.2, 0) is 11.2 Å². The Bertz CT molecular complexity index is 925. The van der Waals surface area contributed by atoms with Gasteiger partial charge in [0.1, 0.15) is 18.0 Å². The van der Waals surface area contributed by atoms with Gasteiger partial charge in [0, 0.05) is 23.8 Å². The lowest BCUT2D eigenvalue weighted by molar-refractivity contribution is -0.122. The minimum Gasteiger partial charge on any atom is -0.491 e. The Balaban J connectivity index is 1.36. The van der Waals surface area contributed by atoms with E-state index in [1.54, 1.807) is 0 Å². The summed E-state index contributed by atoms with van der Waals surface area (Å²) in [5.74, 6) is 0.804. The maximum atomic E-state index is 12.9. The van der Waals surface area contributed by atoms with E-state index in [0.717, 1.165) is 47.8 Å². The van der Waals surface area contributed by atoms with Crippen molar-refractivity contribution in [2.75, 3.05) is 37.7 Å². The number of aliphatic hydroxyl groups is 1. The third-order valence-electron chi connectivity index (χ3n) is 6.10. The van der Waals surface area contributed by atoms with E-state index in [1.807, 2.05) is 49.1 Å². The average Bonchev–Trinajstić information content (AvgIpc) is 3.15. The number of piperidine rings is 1. The third-order valence-corrected chi connectivity index (χ3v) is 6.70. The molecule has 0 radical (unpaired) electrons. The molecule has 1 amide bonds. The zero-order valence-electron chi connectivity index (χ0n) is 17.7. The highest BCUT2D eigenvalue weighted by molar-refractivity contribution is 6.32. The number of carbonyl (C=O) groups excluding carboxylic acids is 1. The molecule has 1 atom stereocenters. The first-order chi connectivity index (χ1) is 14.3. The van der Waals surface area contributed by atoms with Crippen LogP contribution in [0.2, 0.25) is 5.02 Å². The monoisotopic (exact) mass is 428 g/mol. The van der Waals surface area contributed by atoms with Gasteiger partial charge in [0.05, 0.1) is 6.54 Å². The molecule has 0 spiro atoms. The van der Waals surface area contributed by atoms with E-state index in [2.05, 4.69) is 11.0 Å². The number of hydrogen-bond donors (Lipinski definition) is 1. The maximum absolute atomic E-state index is 12.9. The van der Waals surface area contributed by atoms with Gasteiger partial charge >= 0.3 is 0 Å². The molecule has 0 bridgehead atoms. The first-order valence-corrected chi connectivity index (χ1v) is 10.9. The van der Waals surface area contributed by atoms with Gasteiger partial charge in [-0.3, -0.25) is 9.69 Å². The van der Waals surface area contributed by atoms with Crippen LogP contribution < -0.4 is 9.64 Å². The lowest BCUT2D eigenvalue weighted by atomic mass is 9.93. The van der Waals surface area contributed by atoms with Crippen LogP contribution >= 0.6 is 11.6 Å². The standard InChI is InChI=1S/C24H29ClN2O3/c1-17-12-20(13-18(2)23(17)25)30-16-24(29)9-5-10-26(15-24)14-22(28)27-11-8-19-6-3-4-7-21(19)27/h3-4,6-7,12-13,29H,5,8-11,14-16H2,1-2H3. The first-order valence-electron chi connectivity index (χ1n) is 10.6. The summed E-state index contributed by atoms with van der Waals surface area (Å²) in [5, 5.41) is 11.9. The molecule has 30 heavy (non-hydrogen) atoms. The maximum Gasteiger partial charge on any atom is 0.241 e. The molecular formula is C24H29ClN2O3. The number of amides is 1. The number of fused-ring (bicyclic) bond motifs is 1. The lowest BCUT2D eigenvalue weighted by Crippen LogP contribution is -2.54. The van der Waals surface area contributed by atoms with Gasteiger partial charge in [-0.1, -0.05) is 29.8 Å². The van der Waals surface area contributed by atoms with Crippen LogP contribution in [0.25, 0.3) is 0 Å². The van der Waals surface area contributed by atoms with Gasteiger partial charge in [-0.25, -0.2) is 0 Å². The second-order valence-electron chi connectivity index (χ2n) is 8.62. The van der Waals surface area contributed by atoms with Gasteiger partial charge in [0.25, 0.3) is 0 Å². The summed E-state index contributed by atoms with van der Waals surface area (Å²) in [6.45, 7) is 6.38. The molecule has 160 valence electrons. The summed E-state index contributed by atoms with van der Waals surface area (Å²) in [4.78, 5) is 16.9. The Kier molecular flexibility index (Phi) is 6.05. The average molecular weight is 429 g/mol. The zero-order valence-corrected chi connectivity index (χ0v) is 18.4. The van der Waals surface area contributed by atoms with Gasteiger partial charge in [-0.05, 0) is 74.5 Å². The van der Waals surface area contributed by atoms with E-state index in [4.69, 9.17) is 16.3 Å². The van der Waals surface area contributed by atoms with Crippen molar-refractivity contribution >= 4 is 23.2 Å². The van der Waals surface area contributed by atoms with Crippen LogP contribution in [0.1, 0.15) is 29.5 Å². The number of ether oxygens (including phenoxy) is 1. The summed E-state index contributed by atoms with van der Waals surface area (Å²) >= 11 is 6.23. The molecule has 1 saturated heterocycles. The van der Waals surface area contributed by atoms with Crippen LogP contribution in [-0.4, -0.2) is 54.3 Å². The molecular weight excluding hydrogens is 400 g/mol. The smallest absolute Gasteiger partial charge is 0.241 e. The third kappa shape index (κ3) is 4.48. The Morgan fingerprint density at radius 3 is 2.70 bits per heavy atom. The van der Waals surface area contributed by atoms with Crippen molar-refractivity contribution in [1.82, 2.24) is 4.90 Å². The SMILES string of the molecule is Cc1cc(OCC2(O)CCCN(CC(=O)N3CCc4ccccc43)C2)cc(C)c1Cl. The fourth-order valence-corrected chi connectivity index (χ4v) is 4.65. The fourth-order valence-electron chi connectivity index (χ4n) is 4.54. The normalized spacial score (nSPS) is 21.5. The highest BCUT2D eigenvalue weighted by atomic mass is 35.5. The molecule has 0 aliphatic carbocycles. The van der Waals surface area contributed by atoms with Crippen LogP contribution in [0.15, 0.2) is 36.4 Å². The zero-order chi connectivity index (χ0) is 21.3. The molecule has 0 saturated carbocycles. The number of nitrogens with zero attached hydrogens (tertiary/aromatic N) is 2. The number of carbonyl (C=O) groups is 1. The van der Waals surface area contributed by atoms with E-state index in [9.17, 15) is 9.90 Å². The van der Waals surface area contributed by atoms with Crippen LogP contribution in [0.3, 0.4) is 0 Å². The number of benzene rings is 2. The van der Waals surface area contributed by atoms with Crippen molar-refractivity contribution in [3.8, 4) is 5.75 Å². The second kappa shape index (κ2) is 8.58. The van der Waals surface area contributed by atoms with Crippen molar-refractivity contribution in [3.05, 3.63) is 58.1 Å².